The summed E-state index contributed by atoms with van der Waals surface area (Å²) < 4.78 is 7.34. The summed E-state index contributed by atoms with van der Waals surface area (Å²) in [6, 6.07) is 5.93. The Labute approximate surface area is 139 Å². The second kappa shape index (κ2) is 6.66. The van der Waals surface area contributed by atoms with Gasteiger partial charge in [0.1, 0.15) is 18.1 Å². The molecule has 1 N–H and O–H groups in total. The van der Waals surface area contributed by atoms with Crippen LogP contribution in [0.4, 0.5) is 0 Å². The van der Waals surface area contributed by atoms with E-state index in [1.54, 1.807) is 23.5 Å². The maximum absolute atomic E-state index is 9.08. The second-order valence-corrected chi connectivity index (χ2v) is 6.64. The largest absolute Gasteiger partial charge is 0.457 e. The van der Waals surface area contributed by atoms with Crippen LogP contribution in [0.1, 0.15) is 22.2 Å². The third-order valence-electron chi connectivity index (χ3n) is 3.80. The minimum absolute atomic E-state index is 0.117. The Morgan fingerprint density at radius 1 is 1.35 bits per heavy atom. The molecule has 0 aliphatic carbocycles. The lowest BCUT2D eigenvalue weighted by Gasteiger charge is -2.23. The zero-order valence-electron chi connectivity index (χ0n) is 13.4. The van der Waals surface area contributed by atoms with Crippen LogP contribution < -0.4 is 0 Å². The molecule has 0 spiro atoms. The van der Waals surface area contributed by atoms with Gasteiger partial charge in [0.15, 0.2) is 5.76 Å². The monoisotopic (exact) mass is 332 g/mol. The first-order chi connectivity index (χ1) is 11.1. The molecule has 3 rings (SSSR count). The zero-order chi connectivity index (χ0) is 16.4. The van der Waals surface area contributed by atoms with Gasteiger partial charge in [-0.15, -0.1) is 16.4 Å². The fourth-order valence-electron chi connectivity index (χ4n) is 2.48. The summed E-state index contributed by atoms with van der Waals surface area (Å²) in [4.78, 5) is 3.53. The van der Waals surface area contributed by atoms with E-state index in [-0.39, 0.29) is 12.6 Å². The Hall–Kier alpha value is -1.96. The van der Waals surface area contributed by atoms with E-state index in [1.807, 2.05) is 10.9 Å². The molecule has 0 radical (unpaired) electrons. The van der Waals surface area contributed by atoms with E-state index in [1.165, 1.54) is 10.4 Å². The van der Waals surface area contributed by atoms with Gasteiger partial charge in [-0.25, -0.2) is 4.68 Å². The molecule has 23 heavy (non-hydrogen) atoms. The van der Waals surface area contributed by atoms with Crippen LogP contribution >= 0.6 is 11.3 Å². The molecule has 1 atom stereocenters. The third kappa shape index (κ3) is 3.36. The van der Waals surface area contributed by atoms with E-state index in [2.05, 4.69) is 47.7 Å². The molecular formula is C16H20N4O2S. The molecule has 0 saturated heterocycles. The van der Waals surface area contributed by atoms with Crippen molar-refractivity contribution in [3.63, 3.8) is 0 Å². The molecule has 0 saturated carbocycles. The van der Waals surface area contributed by atoms with E-state index >= 15 is 0 Å². The molecule has 3 heterocycles. The fraction of sp³-hybridized carbons (Fsp3) is 0.375. The first-order valence-corrected chi connectivity index (χ1v) is 8.27. The van der Waals surface area contributed by atoms with E-state index < -0.39 is 0 Å². The van der Waals surface area contributed by atoms with Crippen LogP contribution in [0.25, 0.3) is 11.5 Å². The SMILES string of the molecule is Cc1ccsc1[C@H](Cn1cc(-c2ccc(CO)o2)nn1)N(C)C. The normalized spacial score (nSPS) is 12.9. The van der Waals surface area contributed by atoms with E-state index in [4.69, 9.17) is 9.52 Å². The highest BCUT2D eigenvalue weighted by atomic mass is 32.1. The molecular weight excluding hydrogens is 312 g/mol. The number of aryl methyl sites for hydroxylation is 1. The lowest BCUT2D eigenvalue weighted by Crippen LogP contribution is -2.24. The van der Waals surface area contributed by atoms with Gasteiger partial charge in [-0.1, -0.05) is 5.21 Å². The molecule has 0 fully saturated rings. The molecule has 0 unspecified atom stereocenters. The van der Waals surface area contributed by atoms with Crippen molar-refractivity contribution in [3.8, 4) is 11.5 Å². The predicted octanol–water partition coefficient (Wildman–Crippen LogP) is 2.70. The third-order valence-corrected chi connectivity index (χ3v) is 4.92. The topological polar surface area (TPSA) is 67.3 Å². The minimum Gasteiger partial charge on any atom is -0.457 e. The van der Waals surface area contributed by atoms with Crippen LogP contribution in [-0.4, -0.2) is 39.1 Å². The number of hydrogen-bond acceptors (Lipinski definition) is 6. The van der Waals surface area contributed by atoms with Gasteiger partial charge >= 0.3 is 0 Å². The lowest BCUT2D eigenvalue weighted by atomic mass is 10.1. The Kier molecular flexibility index (Phi) is 4.61. The van der Waals surface area contributed by atoms with Crippen molar-refractivity contribution >= 4 is 11.3 Å². The first-order valence-electron chi connectivity index (χ1n) is 7.39. The number of aliphatic hydroxyl groups is 1. The predicted molar refractivity (Wildman–Crippen MR) is 89.1 cm³/mol. The molecule has 3 aromatic heterocycles. The molecule has 0 aliphatic rings. The van der Waals surface area contributed by atoms with Gasteiger partial charge in [-0.3, -0.25) is 4.90 Å². The zero-order valence-corrected chi connectivity index (χ0v) is 14.2. The summed E-state index contributed by atoms with van der Waals surface area (Å²) in [5.41, 5.74) is 1.97. The quantitative estimate of drug-likeness (QED) is 0.752. The summed E-state index contributed by atoms with van der Waals surface area (Å²) in [6.45, 7) is 2.73. The van der Waals surface area contributed by atoms with Crippen molar-refractivity contribution in [3.05, 3.63) is 46.0 Å². The number of furan rings is 1. The molecule has 0 aliphatic heterocycles. The maximum Gasteiger partial charge on any atom is 0.156 e. The summed E-state index contributed by atoms with van der Waals surface area (Å²) in [7, 11) is 4.14. The smallest absolute Gasteiger partial charge is 0.156 e. The van der Waals surface area contributed by atoms with Crippen LogP contribution in [0.5, 0.6) is 0 Å². The van der Waals surface area contributed by atoms with Crippen molar-refractivity contribution in [2.75, 3.05) is 14.1 Å². The summed E-state index contributed by atoms with van der Waals surface area (Å²) in [6.07, 6.45) is 1.87. The molecule has 6 nitrogen and oxygen atoms in total. The fourth-order valence-corrected chi connectivity index (χ4v) is 3.60. The van der Waals surface area contributed by atoms with E-state index in [9.17, 15) is 0 Å². The Balaban J connectivity index is 1.81. The van der Waals surface area contributed by atoms with Crippen molar-refractivity contribution in [2.24, 2.45) is 0 Å². The minimum atomic E-state index is -0.117. The maximum atomic E-state index is 9.08. The van der Waals surface area contributed by atoms with Crippen LogP contribution in [0.2, 0.25) is 0 Å². The summed E-state index contributed by atoms with van der Waals surface area (Å²) in [5, 5.41) is 19.6. The molecule has 3 aromatic rings. The molecule has 7 heteroatoms. The van der Waals surface area contributed by atoms with Crippen molar-refractivity contribution in [1.29, 1.82) is 0 Å². The highest BCUT2D eigenvalue weighted by Crippen LogP contribution is 2.29. The molecule has 0 aromatic carbocycles. The van der Waals surface area contributed by atoms with Gasteiger partial charge in [0.05, 0.1) is 18.8 Å². The molecule has 0 bridgehead atoms. The molecule has 0 amide bonds. The Bertz CT molecular complexity index is 774. The van der Waals surface area contributed by atoms with Crippen LogP contribution in [0.15, 0.2) is 34.2 Å². The van der Waals surface area contributed by atoms with Gasteiger partial charge in [-0.05, 0) is 50.2 Å². The van der Waals surface area contributed by atoms with Crippen molar-refractivity contribution in [2.45, 2.75) is 26.1 Å². The highest BCUT2D eigenvalue weighted by Gasteiger charge is 2.19. The van der Waals surface area contributed by atoms with Gasteiger partial charge in [0.2, 0.25) is 0 Å². The number of hydrogen-bond donors (Lipinski definition) is 1. The Morgan fingerprint density at radius 3 is 2.78 bits per heavy atom. The second-order valence-electron chi connectivity index (χ2n) is 5.70. The first kappa shape index (κ1) is 15.9. The van der Waals surface area contributed by atoms with Gasteiger partial charge in [-0.2, -0.15) is 0 Å². The summed E-state index contributed by atoms with van der Waals surface area (Å²) in [5.74, 6) is 1.14. The Morgan fingerprint density at radius 2 is 2.17 bits per heavy atom. The average molecular weight is 332 g/mol. The number of aliphatic hydroxyl groups excluding tert-OH is 1. The van der Waals surface area contributed by atoms with Crippen molar-refractivity contribution in [1.82, 2.24) is 19.9 Å². The molecule has 122 valence electrons. The van der Waals surface area contributed by atoms with Crippen molar-refractivity contribution < 1.29 is 9.52 Å². The van der Waals surface area contributed by atoms with Crippen LogP contribution in [-0.2, 0) is 13.2 Å². The summed E-state index contributed by atoms with van der Waals surface area (Å²) >= 11 is 1.77. The average Bonchev–Trinajstić information content (AvgIpc) is 3.24. The van der Waals surface area contributed by atoms with E-state index in [0.29, 0.717) is 17.2 Å². The number of rotatable bonds is 6. The van der Waals surface area contributed by atoms with Crippen LogP contribution in [0, 0.1) is 6.92 Å². The van der Waals surface area contributed by atoms with Gasteiger partial charge in [0.25, 0.3) is 0 Å². The lowest BCUT2D eigenvalue weighted by molar-refractivity contribution is 0.248. The number of thiophene rings is 1. The van der Waals surface area contributed by atoms with Gasteiger partial charge < -0.3 is 9.52 Å². The van der Waals surface area contributed by atoms with Gasteiger partial charge in [0, 0.05) is 4.88 Å². The number of nitrogens with zero attached hydrogens (tertiary/aromatic N) is 4. The highest BCUT2D eigenvalue weighted by molar-refractivity contribution is 7.10. The standard InChI is InChI=1S/C16H20N4O2S/c1-11-6-7-23-16(11)14(19(2)3)9-20-8-13(17-18-20)15-5-4-12(10-21)22-15/h4-8,14,21H,9-10H2,1-3H3/t14-/m0/s1. The van der Waals surface area contributed by atoms with E-state index in [0.717, 1.165) is 6.54 Å². The number of likely N-dealkylation sites (N-methyl/N-ethyl adjacent to an activating group) is 1. The number of aromatic nitrogens is 3. The van der Waals surface area contributed by atoms with Crippen LogP contribution in [0.3, 0.4) is 0 Å².